The smallest absolute Gasteiger partial charge is 0.265 e. The largest absolute Gasteiger partial charge is 0.384 e. The fourth-order valence-electron chi connectivity index (χ4n) is 0.803. The van der Waals surface area contributed by atoms with Crippen molar-refractivity contribution in [3.8, 4) is 6.07 Å². The van der Waals surface area contributed by atoms with E-state index in [1.807, 2.05) is 0 Å². The van der Waals surface area contributed by atoms with E-state index in [9.17, 15) is 8.78 Å². The van der Waals surface area contributed by atoms with Crippen LogP contribution in [0.15, 0.2) is 6.07 Å². The zero-order valence-corrected chi connectivity index (χ0v) is 8.42. The number of nitriles is 1. The van der Waals surface area contributed by atoms with Gasteiger partial charge in [0.05, 0.1) is 3.57 Å². The number of pyridine rings is 1. The Morgan fingerprint density at radius 2 is 2.23 bits per heavy atom. The van der Waals surface area contributed by atoms with Gasteiger partial charge in [0, 0.05) is 5.56 Å². The second-order valence-electron chi connectivity index (χ2n) is 2.21. The molecule has 0 atom stereocenters. The molecule has 0 bridgehead atoms. The summed E-state index contributed by atoms with van der Waals surface area (Å²) < 4.78 is 24.8. The standard InChI is InChI=1S/C7H4F2IN3/c8-7(9)3-1-5(12)13-4(2-11)6(3)10/h1,7H,(H2,12,13). The lowest BCUT2D eigenvalue weighted by Gasteiger charge is -2.04. The molecule has 1 rings (SSSR count). The Kier molecular flexibility index (Phi) is 2.98. The van der Waals surface area contributed by atoms with Crippen molar-refractivity contribution in [2.75, 3.05) is 5.73 Å². The minimum atomic E-state index is -2.63. The van der Waals surface area contributed by atoms with Gasteiger partial charge >= 0.3 is 0 Å². The van der Waals surface area contributed by atoms with Gasteiger partial charge in [0.1, 0.15) is 11.9 Å². The van der Waals surface area contributed by atoms with Gasteiger partial charge in [-0.3, -0.25) is 0 Å². The van der Waals surface area contributed by atoms with E-state index in [0.717, 1.165) is 6.07 Å². The van der Waals surface area contributed by atoms with E-state index in [-0.39, 0.29) is 20.6 Å². The number of hydrogen-bond donors (Lipinski definition) is 1. The minimum absolute atomic E-state index is 0.0594. The lowest BCUT2D eigenvalue weighted by Crippen LogP contribution is -2.01. The number of halogens is 3. The number of nitrogens with two attached hydrogens (primary N) is 1. The van der Waals surface area contributed by atoms with Crippen LogP contribution in [0.25, 0.3) is 0 Å². The van der Waals surface area contributed by atoms with Crippen LogP contribution in [0.5, 0.6) is 0 Å². The molecule has 0 aliphatic heterocycles. The van der Waals surface area contributed by atoms with Crippen molar-refractivity contribution < 1.29 is 8.78 Å². The van der Waals surface area contributed by atoms with E-state index in [0.29, 0.717) is 0 Å². The summed E-state index contributed by atoms with van der Waals surface area (Å²) in [7, 11) is 0. The van der Waals surface area contributed by atoms with Gasteiger partial charge in [-0.05, 0) is 28.7 Å². The topological polar surface area (TPSA) is 62.7 Å². The molecular formula is C7H4F2IN3. The van der Waals surface area contributed by atoms with Crippen LogP contribution in [0.2, 0.25) is 0 Å². The van der Waals surface area contributed by atoms with E-state index >= 15 is 0 Å². The van der Waals surface area contributed by atoms with Gasteiger partial charge < -0.3 is 5.73 Å². The van der Waals surface area contributed by atoms with Crippen molar-refractivity contribution in [1.82, 2.24) is 4.98 Å². The Morgan fingerprint density at radius 3 is 2.69 bits per heavy atom. The maximum Gasteiger partial charge on any atom is 0.265 e. The van der Waals surface area contributed by atoms with Crippen LogP contribution in [0.1, 0.15) is 17.7 Å². The molecular weight excluding hydrogens is 291 g/mol. The van der Waals surface area contributed by atoms with Gasteiger partial charge in [0.25, 0.3) is 6.43 Å². The van der Waals surface area contributed by atoms with Crippen LogP contribution in [0.3, 0.4) is 0 Å². The van der Waals surface area contributed by atoms with E-state index in [1.165, 1.54) is 0 Å². The van der Waals surface area contributed by atoms with Gasteiger partial charge in [-0.1, -0.05) is 0 Å². The highest BCUT2D eigenvalue weighted by molar-refractivity contribution is 14.1. The van der Waals surface area contributed by atoms with Gasteiger partial charge in [-0.2, -0.15) is 5.26 Å². The third-order valence-electron chi connectivity index (χ3n) is 1.35. The number of aromatic nitrogens is 1. The Balaban J connectivity index is 3.38. The molecule has 68 valence electrons. The molecule has 6 heteroatoms. The average Bonchev–Trinajstić information content (AvgIpc) is 2.08. The lowest BCUT2D eigenvalue weighted by atomic mass is 10.2. The quantitative estimate of drug-likeness (QED) is 0.807. The van der Waals surface area contributed by atoms with Crippen molar-refractivity contribution in [1.29, 1.82) is 5.26 Å². The zero-order valence-electron chi connectivity index (χ0n) is 6.26. The summed E-state index contributed by atoms with van der Waals surface area (Å²) in [6.45, 7) is 0. The monoisotopic (exact) mass is 295 g/mol. The van der Waals surface area contributed by atoms with E-state index in [2.05, 4.69) is 4.98 Å². The Hall–Kier alpha value is -0.970. The van der Waals surface area contributed by atoms with Crippen LogP contribution < -0.4 is 5.73 Å². The number of nitrogen functional groups attached to an aromatic ring is 1. The Labute approximate surface area is 86.7 Å². The highest BCUT2D eigenvalue weighted by Gasteiger charge is 2.16. The number of rotatable bonds is 1. The molecule has 0 saturated heterocycles. The molecule has 0 fully saturated rings. The van der Waals surface area contributed by atoms with Crippen molar-refractivity contribution in [3.63, 3.8) is 0 Å². The first-order valence-electron chi connectivity index (χ1n) is 3.20. The molecule has 0 aliphatic rings. The van der Waals surface area contributed by atoms with Crippen molar-refractivity contribution in [3.05, 3.63) is 20.9 Å². The summed E-state index contributed by atoms with van der Waals surface area (Å²) in [6, 6.07) is 2.78. The lowest BCUT2D eigenvalue weighted by molar-refractivity contribution is 0.150. The number of alkyl halides is 2. The summed E-state index contributed by atoms with van der Waals surface area (Å²) in [6.07, 6.45) is -2.63. The predicted molar refractivity (Wildman–Crippen MR) is 51.0 cm³/mol. The van der Waals surface area contributed by atoms with Crippen LogP contribution in [0.4, 0.5) is 14.6 Å². The highest BCUT2D eigenvalue weighted by Crippen LogP contribution is 2.27. The normalized spacial score (nSPS) is 10.1. The van der Waals surface area contributed by atoms with Crippen molar-refractivity contribution in [2.24, 2.45) is 0 Å². The Bertz CT molecular complexity index is 373. The zero-order chi connectivity index (χ0) is 10.0. The molecule has 1 aromatic heterocycles. The summed E-state index contributed by atoms with van der Waals surface area (Å²) in [5.74, 6) is -0.0627. The highest BCUT2D eigenvalue weighted by atomic mass is 127. The first kappa shape index (κ1) is 10.1. The average molecular weight is 295 g/mol. The molecule has 3 nitrogen and oxygen atoms in total. The summed E-state index contributed by atoms with van der Waals surface area (Å²) >= 11 is 1.65. The molecule has 1 heterocycles. The molecule has 13 heavy (non-hydrogen) atoms. The first-order chi connectivity index (χ1) is 6.06. The maximum absolute atomic E-state index is 12.3. The van der Waals surface area contributed by atoms with Gasteiger partial charge in [0.2, 0.25) is 0 Å². The summed E-state index contributed by atoms with van der Waals surface area (Å²) in [5.41, 5.74) is 4.94. The third kappa shape index (κ3) is 2.03. The second kappa shape index (κ2) is 3.83. The number of anilines is 1. The summed E-state index contributed by atoms with van der Waals surface area (Å²) in [4.78, 5) is 3.61. The van der Waals surface area contributed by atoms with E-state index < -0.39 is 6.43 Å². The van der Waals surface area contributed by atoms with Crippen LogP contribution in [-0.4, -0.2) is 4.98 Å². The minimum Gasteiger partial charge on any atom is -0.384 e. The molecule has 0 spiro atoms. The Morgan fingerprint density at radius 1 is 1.62 bits per heavy atom. The third-order valence-corrected chi connectivity index (χ3v) is 2.48. The van der Waals surface area contributed by atoms with Gasteiger partial charge in [-0.25, -0.2) is 13.8 Å². The second-order valence-corrected chi connectivity index (χ2v) is 3.29. The molecule has 0 radical (unpaired) electrons. The molecule has 0 saturated carbocycles. The predicted octanol–water partition coefficient (Wildman–Crippen LogP) is 2.08. The molecule has 0 amide bonds. The van der Waals surface area contributed by atoms with Crippen molar-refractivity contribution >= 4 is 28.4 Å². The van der Waals surface area contributed by atoms with Gasteiger partial charge in [0.15, 0.2) is 5.69 Å². The van der Waals surface area contributed by atoms with Crippen molar-refractivity contribution in [2.45, 2.75) is 6.43 Å². The molecule has 2 N–H and O–H groups in total. The van der Waals surface area contributed by atoms with Gasteiger partial charge in [-0.15, -0.1) is 0 Å². The summed E-state index contributed by atoms with van der Waals surface area (Å²) in [5, 5.41) is 8.53. The van der Waals surface area contributed by atoms with E-state index in [4.69, 9.17) is 11.0 Å². The molecule has 1 aromatic rings. The van der Waals surface area contributed by atoms with Crippen LogP contribution in [-0.2, 0) is 0 Å². The molecule has 0 aromatic carbocycles. The first-order valence-corrected chi connectivity index (χ1v) is 4.28. The molecule has 0 aliphatic carbocycles. The van der Waals surface area contributed by atoms with Crippen LogP contribution >= 0.6 is 22.6 Å². The number of nitrogens with zero attached hydrogens (tertiary/aromatic N) is 2. The van der Waals surface area contributed by atoms with E-state index in [1.54, 1.807) is 28.7 Å². The fourth-order valence-corrected chi connectivity index (χ4v) is 1.44. The number of hydrogen-bond acceptors (Lipinski definition) is 3. The SMILES string of the molecule is N#Cc1nc(N)cc(C(F)F)c1I. The van der Waals surface area contributed by atoms with Crippen LogP contribution in [0, 0.1) is 14.9 Å². The fraction of sp³-hybridized carbons (Fsp3) is 0.143. The maximum atomic E-state index is 12.3. The molecule has 0 unspecified atom stereocenters.